The van der Waals surface area contributed by atoms with Crippen molar-refractivity contribution in [3.05, 3.63) is 80.6 Å². The quantitative estimate of drug-likeness (QED) is 0.236. The number of ether oxygens (including phenoxy) is 2. The van der Waals surface area contributed by atoms with Gasteiger partial charge in [0.2, 0.25) is 17.6 Å². The van der Waals surface area contributed by atoms with Crippen molar-refractivity contribution in [2.75, 3.05) is 50.1 Å². The molecule has 0 aliphatic carbocycles. The zero-order valence-electron chi connectivity index (χ0n) is 28.3. The number of anilines is 2. The first-order valence-electron chi connectivity index (χ1n) is 16.4. The van der Waals surface area contributed by atoms with Crippen LogP contribution in [0.5, 0.6) is 17.4 Å². The largest absolute Gasteiger partial charge is 0.503 e. The van der Waals surface area contributed by atoms with E-state index in [-0.39, 0.29) is 83.7 Å². The van der Waals surface area contributed by atoms with Gasteiger partial charge in [0.25, 0.3) is 11.5 Å². The number of fused-ring (bicyclic) bond motifs is 2. The molecule has 5 aromatic rings. The van der Waals surface area contributed by atoms with Gasteiger partial charge in [0, 0.05) is 62.2 Å². The molecule has 7 rings (SSSR count). The summed E-state index contributed by atoms with van der Waals surface area (Å²) in [7, 11) is 1.45. The maximum atomic E-state index is 14.3. The second kappa shape index (κ2) is 13.9. The lowest BCUT2D eigenvalue weighted by molar-refractivity contribution is -0.137. The molecule has 4 aromatic heterocycles. The number of alkyl halides is 3. The average Bonchev–Trinajstić information content (AvgIpc) is 3.82. The molecule has 0 unspecified atom stereocenters. The fourth-order valence-electron chi connectivity index (χ4n) is 6.40. The molecule has 276 valence electrons. The fourth-order valence-corrected chi connectivity index (χ4v) is 6.63. The highest BCUT2D eigenvalue weighted by Crippen LogP contribution is 2.37. The first-order chi connectivity index (χ1) is 25.4. The molecule has 0 atom stereocenters. The van der Waals surface area contributed by atoms with E-state index in [0.717, 1.165) is 28.3 Å². The highest BCUT2D eigenvalue weighted by atomic mass is 35.5. The molecule has 0 bridgehead atoms. The van der Waals surface area contributed by atoms with Crippen molar-refractivity contribution < 1.29 is 37.3 Å². The van der Waals surface area contributed by atoms with Gasteiger partial charge < -0.3 is 34.3 Å². The predicted octanol–water partition coefficient (Wildman–Crippen LogP) is 3.83. The molecule has 1 saturated heterocycles. The van der Waals surface area contributed by atoms with Crippen LogP contribution in [-0.2, 0) is 30.4 Å². The number of aromatic nitrogens is 6. The molecular formula is C34H31ClF3N9O6. The molecule has 2 N–H and O–H groups in total. The molecule has 2 aliphatic rings. The van der Waals surface area contributed by atoms with Gasteiger partial charge >= 0.3 is 6.18 Å². The highest BCUT2D eigenvalue weighted by molar-refractivity contribution is 6.33. The number of hydrogen-bond donors (Lipinski definition) is 2. The van der Waals surface area contributed by atoms with Gasteiger partial charge in [0.05, 0.1) is 35.7 Å². The number of pyridine rings is 2. The number of hydrogen-bond acceptors (Lipinski definition) is 11. The Hall–Kier alpha value is -5.91. The number of halogens is 4. The zero-order chi connectivity index (χ0) is 37.6. The number of aromatic hydroxyl groups is 1. The Balaban J connectivity index is 1.23. The third kappa shape index (κ3) is 6.65. The minimum atomic E-state index is -4.63. The molecule has 2 amide bonds. The van der Waals surface area contributed by atoms with Gasteiger partial charge in [-0.05, 0) is 30.7 Å². The molecular weight excluding hydrogens is 723 g/mol. The second-order valence-corrected chi connectivity index (χ2v) is 12.6. The molecule has 6 heterocycles. The Morgan fingerprint density at radius 1 is 1.11 bits per heavy atom. The van der Waals surface area contributed by atoms with E-state index < -0.39 is 35.7 Å². The third-order valence-electron chi connectivity index (χ3n) is 9.02. The monoisotopic (exact) mass is 753 g/mol. The molecule has 1 fully saturated rings. The molecule has 2 aliphatic heterocycles. The number of methoxy groups -OCH3 is 1. The van der Waals surface area contributed by atoms with Crippen LogP contribution in [0.1, 0.15) is 34.2 Å². The Morgan fingerprint density at radius 2 is 1.89 bits per heavy atom. The van der Waals surface area contributed by atoms with E-state index in [1.807, 2.05) is 0 Å². The third-order valence-corrected chi connectivity index (χ3v) is 9.33. The summed E-state index contributed by atoms with van der Waals surface area (Å²) >= 11 is 6.12. The van der Waals surface area contributed by atoms with Crippen molar-refractivity contribution in [3.63, 3.8) is 0 Å². The summed E-state index contributed by atoms with van der Waals surface area (Å²) in [4.78, 5) is 57.5. The summed E-state index contributed by atoms with van der Waals surface area (Å²) in [6, 6.07) is 5.80. The molecule has 19 heteroatoms. The lowest BCUT2D eigenvalue weighted by Crippen LogP contribution is -2.51. The van der Waals surface area contributed by atoms with Crippen LogP contribution >= 0.6 is 11.6 Å². The first kappa shape index (κ1) is 35.5. The first-order valence-corrected chi connectivity index (χ1v) is 16.8. The van der Waals surface area contributed by atoms with Gasteiger partial charge in [-0.25, -0.2) is 9.97 Å². The number of carbonyl (C=O) groups is 2. The number of nitrogens with zero attached hydrogens (tertiary/aromatic N) is 8. The SMILES string of the molecule is CCc1c(N2CCN(C(=O)c3ncc4c(c3O)OCC4)CC2)c(=O)n2nc(-c3ccnc(OC)c3)nc2n1CC(=O)Nc1ccc(C(F)(F)F)cc1Cl. The second-order valence-electron chi connectivity index (χ2n) is 12.2. The number of carbonyl (C=O) groups excluding carboxylic acids is 2. The van der Waals surface area contributed by atoms with E-state index in [2.05, 4.69) is 25.4 Å². The van der Waals surface area contributed by atoms with E-state index in [4.69, 9.17) is 21.1 Å². The van der Waals surface area contributed by atoms with Gasteiger partial charge in [-0.1, -0.05) is 18.5 Å². The minimum Gasteiger partial charge on any atom is -0.503 e. The molecule has 0 spiro atoms. The summed E-state index contributed by atoms with van der Waals surface area (Å²) in [6.45, 7) is 2.52. The number of piperazine rings is 1. The van der Waals surface area contributed by atoms with Crippen molar-refractivity contribution >= 4 is 40.6 Å². The van der Waals surface area contributed by atoms with E-state index >= 15 is 0 Å². The predicted molar refractivity (Wildman–Crippen MR) is 185 cm³/mol. The van der Waals surface area contributed by atoms with Crippen LogP contribution in [0.3, 0.4) is 0 Å². The van der Waals surface area contributed by atoms with Crippen LogP contribution in [0.4, 0.5) is 24.5 Å². The summed E-state index contributed by atoms with van der Waals surface area (Å²) in [5.74, 6) is -0.746. The van der Waals surface area contributed by atoms with Gasteiger partial charge in [-0.15, -0.1) is 5.10 Å². The van der Waals surface area contributed by atoms with Crippen molar-refractivity contribution in [1.82, 2.24) is 34.0 Å². The topological polar surface area (TPSA) is 169 Å². The van der Waals surface area contributed by atoms with Crippen LogP contribution in [0, 0.1) is 0 Å². The van der Waals surface area contributed by atoms with Gasteiger partial charge in [0.1, 0.15) is 12.2 Å². The maximum Gasteiger partial charge on any atom is 0.416 e. The van der Waals surface area contributed by atoms with Crippen molar-refractivity contribution in [3.8, 4) is 28.8 Å². The van der Waals surface area contributed by atoms with E-state index in [1.165, 1.54) is 29.0 Å². The van der Waals surface area contributed by atoms with Crippen LogP contribution < -0.4 is 25.2 Å². The van der Waals surface area contributed by atoms with E-state index in [1.54, 1.807) is 24.0 Å². The van der Waals surface area contributed by atoms with Gasteiger partial charge in [-0.2, -0.15) is 22.7 Å². The van der Waals surface area contributed by atoms with Gasteiger partial charge in [0.15, 0.2) is 23.0 Å². The average molecular weight is 754 g/mol. The van der Waals surface area contributed by atoms with Crippen LogP contribution in [0.25, 0.3) is 17.2 Å². The smallest absolute Gasteiger partial charge is 0.416 e. The maximum absolute atomic E-state index is 14.3. The van der Waals surface area contributed by atoms with E-state index in [9.17, 15) is 32.7 Å². The summed E-state index contributed by atoms with van der Waals surface area (Å²) in [5, 5.41) is 17.5. The lowest BCUT2D eigenvalue weighted by atomic mass is 10.1. The summed E-state index contributed by atoms with van der Waals surface area (Å²) < 4.78 is 53.0. The van der Waals surface area contributed by atoms with Crippen LogP contribution in [0.15, 0.2) is 47.5 Å². The normalized spacial score (nSPS) is 14.3. The molecule has 0 saturated carbocycles. The van der Waals surface area contributed by atoms with Crippen molar-refractivity contribution in [2.45, 2.75) is 32.5 Å². The number of nitrogens with one attached hydrogen (secondary N) is 1. The van der Waals surface area contributed by atoms with Gasteiger partial charge in [-0.3, -0.25) is 14.4 Å². The fraction of sp³-hybridized carbons (Fsp3) is 0.324. The molecule has 0 radical (unpaired) electrons. The Bertz CT molecular complexity index is 2320. The van der Waals surface area contributed by atoms with E-state index in [0.29, 0.717) is 24.3 Å². The minimum absolute atomic E-state index is 0.0317. The molecule has 15 nitrogen and oxygen atoms in total. The Labute approximate surface area is 303 Å². The Morgan fingerprint density at radius 3 is 2.58 bits per heavy atom. The standard InChI is InChI=1S/C34H31ClF3N9O6/c1-3-23-27(44-9-11-45(12-10-44)31(50)26-28(49)29-19(16-40-26)7-13-53-29)32(51)47-33(42-30(43-47)18-6-8-39-25(14-18)52-2)46(23)17-24(48)41-22-5-4-20(15-21(22)35)34(36,37)38/h4-6,8,14-16,49H,3,7,9-13,17H2,1-2H3,(H,41,48). The van der Waals surface area contributed by atoms with Crippen LogP contribution in [0.2, 0.25) is 5.02 Å². The summed E-state index contributed by atoms with van der Waals surface area (Å²) in [5.41, 5.74) is 0.197. The lowest BCUT2D eigenvalue weighted by Gasteiger charge is -2.36. The molecule has 1 aromatic carbocycles. The number of benzene rings is 1. The zero-order valence-corrected chi connectivity index (χ0v) is 29.0. The summed E-state index contributed by atoms with van der Waals surface area (Å²) in [6.07, 6.45) is -0.779. The van der Waals surface area contributed by atoms with Crippen molar-refractivity contribution in [1.29, 1.82) is 0 Å². The highest BCUT2D eigenvalue weighted by Gasteiger charge is 2.33. The number of rotatable bonds is 8. The van der Waals surface area contributed by atoms with Crippen LogP contribution in [-0.4, -0.2) is 90.8 Å². The Kier molecular flexibility index (Phi) is 9.31. The van der Waals surface area contributed by atoms with Crippen molar-refractivity contribution in [2.24, 2.45) is 0 Å². The number of amides is 2. The molecule has 53 heavy (non-hydrogen) atoms.